The Kier molecular flexibility index (Phi) is 3.07. The molecule has 0 atom stereocenters. The van der Waals surface area contributed by atoms with Gasteiger partial charge < -0.3 is 0 Å². The lowest BCUT2D eigenvalue weighted by atomic mass is 10.2. The second-order valence-corrected chi connectivity index (χ2v) is 6.57. The van der Waals surface area contributed by atoms with Gasteiger partial charge in [0.1, 0.15) is 0 Å². The first-order chi connectivity index (χ1) is 7.50. The van der Waals surface area contributed by atoms with E-state index < -0.39 is 10.0 Å². The smallest absolute Gasteiger partial charge is 0.248 e. The molecular weight excluding hydrogens is 337 g/mol. The highest BCUT2D eigenvalue weighted by Gasteiger charge is 2.15. The summed E-state index contributed by atoms with van der Waals surface area (Å²) in [5, 5.41) is 0. The Morgan fingerprint density at radius 1 is 1.12 bits per heavy atom. The molecule has 16 heavy (non-hydrogen) atoms. The Morgan fingerprint density at radius 3 is 2.25 bits per heavy atom. The fourth-order valence-corrected chi connectivity index (χ4v) is 3.18. The third-order valence-electron chi connectivity index (χ3n) is 2.23. The van der Waals surface area contributed by atoms with Crippen LogP contribution in [0.1, 0.15) is 5.56 Å². The maximum atomic E-state index is 12.1. The van der Waals surface area contributed by atoms with Crippen molar-refractivity contribution in [3.8, 4) is 0 Å². The molecule has 0 saturated carbocycles. The zero-order chi connectivity index (χ0) is 11.8. The van der Waals surface area contributed by atoms with Gasteiger partial charge in [-0.3, -0.25) is 0 Å². The lowest BCUT2D eigenvalue weighted by Crippen LogP contribution is -2.10. The zero-order valence-corrected chi connectivity index (χ0v) is 11.6. The van der Waals surface area contributed by atoms with Gasteiger partial charge in [0.2, 0.25) is 0 Å². The second kappa shape index (κ2) is 4.21. The lowest BCUT2D eigenvalue weighted by Gasteiger charge is -2.05. The van der Waals surface area contributed by atoms with Crippen LogP contribution in [0.2, 0.25) is 0 Å². The van der Waals surface area contributed by atoms with Crippen LogP contribution in [0.3, 0.4) is 0 Å². The number of halogens is 1. The van der Waals surface area contributed by atoms with Crippen LogP contribution in [0, 0.1) is 10.5 Å². The number of rotatable bonds is 2. The van der Waals surface area contributed by atoms with Crippen molar-refractivity contribution in [2.75, 3.05) is 0 Å². The molecular formula is C11H10INO2S. The van der Waals surface area contributed by atoms with Crippen LogP contribution < -0.4 is 0 Å². The summed E-state index contributed by atoms with van der Waals surface area (Å²) in [6, 6.07) is 8.59. The van der Waals surface area contributed by atoms with Gasteiger partial charge in [0.05, 0.1) is 4.90 Å². The number of benzene rings is 1. The summed E-state index contributed by atoms with van der Waals surface area (Å²) in [4.78, 5) is 0.310. The van der Waals surface area contributed by atoms with E-state index in [2.05, 4.69) is 22.6 Å². The Hall–Kier alpha value is -0.820. The molecule has 0 aliphatic rings. The molecule has 0 aliphatic heterocycles. The summed E-state index contributed by atoms with van der Waals surface area (Å²) in [6.45, 7) is 1.93. The molecule has 0 N–H and O–H groups in total. The Labute approximate surface area is 108 Å². The third-order valence-corrected chi connectivity index (χ3v) is 4.52. The third kappa shape index (κ3) is 2.15. The predicted octanol–water partition coefficient (Wildman–Crippen LogP) is 2.64. The fraction of sp³-hybridized carbons (Fsp3) is 0.0909. The summed E-state index contributed by atoms with van der Waals surface area (Å²) < 4.78 is 26.4. The summed E-state index contributed by atoms with van der Waals surface area (Å²) in [5.74, 6) is 0. The monoisotopic (exact) mass is 347 g/mol. The van der Waals surface area contributed by atoms with Crippen molar-refractivity contribution < 1.29 is 8.42 Å². The van der Waals surface area contributed by atoms with E-state index in [4.69, 9.17) is 0 Å². The van der Waals surface area contributed by atoms with Crippen LogP contribution >= 0.6 is 22.6 Å². The van der Waals surface area contributed by atoms with Crippen molar-refractivity contribution in [2.45, 2.75) is 11.8 Å². The molecule has 5 heteroatoms. The van der Waals surface area contributed by atoms with E-state index in [-0.39, 0.29) is 0 Å². The fourth-order valence-electron chi connectivity index (χ4n) is 1.33. The lowest BCUT2D eigenvalue weighted by molar-refractivity contribution is 0.587. The molecule has 1 heterocycles. The zero-order valence-electron chi connectivity index (χ0n) is 8.59. The average Bonchev–Trinajstić information content (AvgIpc) is 2.66. The van der Waals surface area contributed by atoms with Gasteiger partial charge in [-0.15, -0.1) is 0 Å². The standard InChI is InChI=1S/C11H10INO2S/c1-9-2-4-11(5-3-9)16(14,15)13-7-6-10(12)8-13/h2-8H,1H3. The molecule has 2 aromatic rings. The topological polar surface area (TPSA) is 39.1 Å². The van der Waals surface area contributed by atoms with Gasteiger partial charge in [0.25, 0.3) is 10.0 Å². The van der Waals surface area contributed by atoms with E-state index in [1.807, 2.05) is 6.92 Å². The number of aryl methyl sites for hydroxylation is 1. The normalized spacial score (nSPS) is 11.6. The first-order valence-corrected chi connectivity index (χ1v) is 7.18. The molecule has 0 amide bonds. The van der Waals surface area contributed by atoms with Gasteiger partial charge in [-0.2, -0.15) is 0 Å². The van der Waals surface area contributed by atoms with E-state index in [1.54, 1.807) is 42.7 Å². The second-order valence-electron chi connectivity index (χ2n) is 3.48. The van der Waals surface area contributed by atoms with Crippen LogP contribution in [0.4, 0.5) is 0 Å². The van der Waals surface area contributed by atoms with Crippen LogP contribution in [-0.2, 0) is 10.0 Å². The van der Waals surface area contributed by atoms with Crippen LogP contribution in [0.25, 0.3) is 0 Å². The van der Waals surface area contributed by atoms with Crippen molar-refractivity contribution in [2.24, 2.45) is 0 Å². The van der Waals surface area contributed by atoms with E-state index in [0.717, 1.165) is 9.13 Å². The number of aromatic nitrogens is 1. The van der Waals surface area contributed by atoms with Gasteiger partial charge in [-0.05, 0) is 47.7 Å². The number of hydrogen-bond acceptors (Lipinski definition) is 2. The first-order valence-electron chi connectivity index (χ1n) is 4.66. The molecule has 2 rings (SSSR count). The predicted molar refractivity (Wildman–Crippen MR) is 70.9 cm³/mol. The quantitative estimate of drug-likeness (QED) is 0.784. The molecule has 0 fully saturated rings. The molecule has 0 saturated heterocycles. The molecule has 1 aromatic carbocycles. The van der Waals surface area contributed by atoms with Gasteiger partial charge in [-0.1, -0.05) is 17.7 Å². The maximum Gasteiger partial charge on any atom is 0.267 e. The highest BCUT2D eigenvalue weighted by molar-refractivity contribution is 14.1. The van der Waals surface area contributed by atoms with E-state index in [9.17, 15) is 8.42 Å². The maximum absolute atomic E-state index is 12.1. The van der Waals surface area contributed by atoms with Crippen molar-refractivity contribution in [1.82, 2.24) is 3.97 Å². The minimum Gasteiger partial charge on any atom is -0.248 e. The van der Waals surface area contributed by atoms with Crippen molar-refractivity contribution in [1.29, 1.82) is 0 Å². The van der Waals surface area contributed by atoms with Gasteiger partial charge >= 0.3 is 0 Å². The highest BCUT2D eigenvalue weighted by atomic mass is 127. The van der Waals surface area contributed by atoms with E-state index in [1.165, 1.54) is 3.97 Å². The Bertz CT molecular complexity index is 599. The van der Waals surface area contributed by atoms with Gasteiger partial charge in [-0.25, -0.2) is 12.4 Å². The van der Waals surface area contributed by atoms with Crippen LogP contribution in [0.5, 0.6) is 0 Å². The van der Waals surface area contributed by atoms with Crippen molar-refractivity contribution in [3.63, 3.8) is 0 Å². The largest absolute Gasteiger partial charge is 0.267 e. The van der Waals surface area contributed by atoms with Gasteiger partial charge in [0.15, 0.2) is 0 Å². The molecule has 84 valence electrons. The Morgan fingerprint density at radius 2 is 1.75 bits per heavy atom. The summed E-state index contributed by atoms with van der Waals surface area (Å²) in [5.41, 5.74) is 1.04. The summed E-state index contributed by atoms with van der Waals surface area (Å²) in [7, 11) is -3.42. The molecule has 3 nitrogen and oxygen atoms in total. The van der Waals surface area contributed by atoms with E-state index >= 15 is 0 Å². The molecule has 0 spiro atoms. The first kappa shape index (κ1) is 11.7. The highest BCUT2D eigenvalue weighted by Crippen LogP contribution is 2.16. The average molecular weight is 347 g/mol. The molecule has 0 radical (unpaired) electrons. The summed E-state index contributed by atoms with van der Waals surface area (Å²) >= 11 is 2.08. The van der Waals surface area contributed by atoms with Crippen LogP contribution in [-0.4, -0.2) is 12.4 Å². The minimum atomic E-state index is -3.42. The van der Waals surface area contributed by atoms with Gasteiger partial charge in [0, 0.05) is 16.0 Å². The number of hydrogen-bond donors (Lipinski definition) is 0. The van der Waals surface area contributed by atoms with Crippen molar-refractivity contribution >= 4 is 32.6 Å². The molecule has 1 aromatic heterocycles. The SMILES string of the molecule is Cc1ccc(S(=O)(=O)n2ccc(I)c2)cc1. The van der Waals surface area contributed by atoms with Crippen LogP contribution in [0.15, 0.2) is 47.6 Å². The molecule has 0 bridgehead atoms. The minimum absolute atomic E-state index is 0.310. The Balaban J connectivity index is 2.51. The molecule has 0 aliphatic carbocycles. The number of nitrogens with zero attached hydrogens (tertiary/aromatic N) is 1. The summed E-state index contributed by atoms with van der Waals surface area (Å²) in [6.07, 6.45) is 3.15. The van der Waals surface area contributed by atoms with E-state index in [0.29, 0.717) is 4.90 Å². The molecule has 0 unspecified atom stereocenters. The van der Waals surface area contributed by atoms with Crippen molar-refractivity contribution in [3.05, 3.63) is 51.9 Å².